The number of hydrogen-bond acceptors (Lipinski definition) is 6. The van der Waals surface area contributed by atoms with Crippen molar-refractivity contribution in [1.82, 2.24) is 15.2 Å². The second-order valence-electron chi connectivity index (χ2n) is 5.18. The van der Waals surface area contributed by atoms with Crippen LogP contribution in [-0.2, 0) is 0 Å². The molecule has 3 aromatic rings. The lowest BCUT2D eigenvalue weighted by molar-refractivity contribution is 0.101. The van der Waals surface area contributed by atoms with Crippen molar-refractivity contribution in [3.05, 3.63) is 65.9 Å². The van der Waals surface area contributed by atoms with Crippen molar-refractivity contribution in [1.29, 1.82) is 0 Å². The van der Waals surface area contributed by atoms with Crippen molar-refractivity contribution in [2.24, 2.45) is 0 Å². The van der Waals surface area contributed by atoms with Crippen molar-refractivity contribution in [2.45, 2.75) is 6.92 Å². The van der Waals surface area contributed by atoms with Gasteiger partial charge in [0.05, 0.1) is 6.20 Å². The smallest absolute Gasteiger partial charge is 0.249 e. The molecule has 2 N–H and O–H groups in total. The van der Waals surface area contributed by atoms with E-state index in [2.05, 4.69) is 25.8 Å². The minimum absolute atomic E-state index is 0.0508. The summed E-state index contributed by atoms with van der Waals surface area (Å²) in [5.41, 5.74) is 1.51. The number of nitrogens with one attached hydrogen (secondary N) is 2. The monoisotopic (exact) mass is 341 g/mol. The Kier molecular flexibility index (Phi) is 4.60. The number of Topliss-reactive ketones (excluding diaryl/α,β-unsaturated/α-hetero) is 1. The van der Waals surface area contributed by atoms with E-state index >= 15 is 0 Å². The molecule has 0 radical (unpaired) electrons. The number of carbonyl (C=O) groups excluding carboxylic acids is 1. The van der Waals surface area contributed by atoms with E-state index in [1.54, 1.807) is 24.3 Å². The maximum Gasteiger partial charge on any atom is 0.249 e. The van der Waals surface area contributed by atoms with Gasteiger partial charge in [-0.1, -0.05) is 12.1 Å². The number of ketones is 1. The van der Waals surface area contributed by atoms with Crippen molar-refractivity contribution in [3.8, 4) is 0 Å². The Balaban J connectivity index is 1.78. The highest BCUT2D eigenvalue weighted by Gasteiger charge is 2.06. The summed E-state index contributed by atoms with van der Waals surface area (Å²) in [7, 11) is 0. The van der Waals surface area contributed by atoms with Gasteiger partial charge in [-0.2, -0.15) is 10.1 Å². The zero-order valence-corrected chi connectivity index (χ0v) is 13.1. The summed E-state index contributed by atoms with van der Waals surface area (Å²) in [6, 6.07) is 10.3. The number of carbonyl (C=O) groups is 1. The Labute approximate surface area is 141 Å². The lowest BCUT2D eigenvalue weighted by Crippen LogP contribution is -2.03. The molecule has 0 aliphatic rings. The summed E-state index contributed by atoms with van der Waals surface area (Å²) >= 11 is 0. The van der Waals surface area contributed by atoms with Gasteiger partial charge in [0.1, 0.15) is 0 Å². The van der Waals surface area contributed by atoms with Gasteiger partial charge < -0.3 is 10.6 Å². The fourth-order valence-corrected chi connectivity index (χ4v) is 2.08. The Bertz CT molecular complexity index is 932. The number of hydrogen-bond donors (Lipinski definition) is 2. The molecule has 0 atom stereocenters. The van der Waals surface area contributed by atoms with Gasteiger partial charge in [0.15, 0.2) is 23.2 Å². The highest BCUT2D eigenvalue weighted by Crippen LogP contribution is 2.19. The first-order chi connectivity index (χ1) is 12.0. The van der Waals surface area contributed by atoms with Crippen molar-refractivity contribution >= 4 is 28.9 Å². The largest absolute Gasteiger partial charge is 0.339 e. The van der Waals surface area contributed by atoms with Crippen molar-refractivity contribution in [3.63, 3.8) is 0 Å². The first-order valence-corrected chi connectivity index (χ1v) is 7.31. The molecule has 0 fully saturated rings. The van der Waals surface area contributed by atoms with Crippen LogP contribution in [0.15, 0.2) is 48.7 Å². The van der Waals surface area contributed by atoms with Crippen LogP contribution in [0.5, 0.6) is 0 Å². The minimum atomic E-state index is -0.978. The zero-order chi connectivity index (χ0) is 17.8. The van der Waals surface area contributed by atoms with Crippen molar-refractivity contribution in [2.75, 3.05) is 10.6 Å². The minimum Gasteiger partial charge on any atom is -0.339 e. The van der Waals surface area contributed by atoms with E-state index < -0.39 is 11.6 Å². The van der Waals surface area contributed by atoms with Gasteiger partial charge in [0.2, 0.25) is 5.95 Å². The number of benzene rings is 2. The molecule has 3 rings (SSSR count). The van der Waals surface area contributed by atoms with Crippen LogP contribution in [0.2, 0.25) is 0 Å². The summed E-state index contributed by atoms with van der Waals surface area (Å²) in [5, 5.41) is 13.3. The average molecular weight is 341 g/mol. The third kappa shape index (κ3) is 4.11. The second-order valence-corrected chi connectivity index (χ2v) is 5.18. The van der Waals surface area contributed by atoms with Gasteiger partial charge in [-0.05, 0) is 31.2 Å². The topological polar surface area (TPSA) is 79.8 Å². The first-order valence-electron chi connectivity index (χ1n) is 7.31. The predicted octanol–water partition coefficient (Wildman–Crippen LogP) is 3.84. The fourth-order valence-electron chi connectivity index (χ4n) is 2.08. The Hall–Kier alpha value is -3.42. The van der Waals surface area contributed by atoms with Gasteiger partial charge in [0, 0.05) is 23.0 Å². The molecule has 0 unspecified atom stereocenters. The molecule has 0 aliphatic heterocycles. The zero-order valence-electron chi connectivity index (χ0n) is 13.1. The molecule has 2 aromatic carbocycles. The van der Waals surface area contributed by atoms with Crippen LogP contribution < -0.4 is 10.6 Å². The second kappa shape index (κ2) is 7.00. The molecule has 1 aromatic heterocycles. The van der Waals surface area contributed by atoms with Crippen molar-refractivity contribution < 1.29 is 13.6 Å². The molecule has 0 saturated carbocycles. The number of halogens is 2. The standard InChI is InChI=1S/C17H13F2N5O/c1-10(25)11-3-2-4-12(7-11)21-16-9-20-24-17(23-16)22-13-5-6-14(18)15(19)8-13/h2-9H,1H3,(H2,21,22,23,24). The molecule has 0 saturated heterocycles. The van der Waals surface area contributed by atoms with E-state index in [0.717, 1.165) is 12.1 Å². The number of nitrogens with zero attached hydrogens (tertiary/aromatic N) is 3. The molecule has 1 heterocycles. The third-order valence-electron chi connectivity index (χ3n) is 3.28. The molecule has 0 aliphatic carbocycles. The maximum absolute atomic E-state index is 13.2. The summed E-state index contributed by atoms with van der Waals surface area (Å²) in [5.74, 6) is -1.48. The molecule has 25 heavy (non-hydrogen) atoms. The van der Waals surface area contributed by atoms with Gasteiger partial charge in [-0.15, -0.1) is 5.10 Å². The van der Waals surface area contributed by atoms with Crippen LogP contribution in [0.1, 0.15) is 17.3 Å². The van der Waals surface area contributed by atoms with Crippen LogP contribution in [-0.4, -0.2) is 21.0 Å². The Morgan fingerprint density at radius 2 is 1.80 bits per heavy atom. The highest BCUT2D eigenvalue weighted by molar-refractivity contribution is 5.95. The third-order valence-corrected chi connectivity index (χ3v) is 3.28. The molecule has 126 valence electrons. The van der Waals surface area contributed by atoms with E-state index in [9.17, 15) is 13.6 Å². The maximum atomic E-state index is 13.2. The average Bonchev–Trinajstić information content (AvgIpc) is 2.59. The van der Waals surface area contributed by atoms with Gasteiger partial charge >= 0.3 is 0 Å². The lowest BCUT2D eigenvalue weighted by Gasteiger charge is -2.08. The summed E-state index contributed by atoms with van der Waals surface area (Å²) in [4.78, 5) is 15.6. The molecule has 0 bridgehead atoms. The van der Waals surface area contributed by atoms with Gasteiger partial charge in [-0.3, -0.25) is 4.79 Å². The van der Waals surface area contributed by atoms with Crippen LogP contribution >= 0.6 is 0 Å². The molecule has 8 heteroatoms. The summed E-state index contributed by atoms with van der Waals surface area (Å²) < 4.78 is 26.2. The van der Waals surface area contributed by atoms with Gasteiger partial charge in [-0.25, -0.2) is 8.78 Å². The number of anilines is 4. The molecular weight excluding hydrogens is 328 g/mol. The van der Waals surface area contributed by atoms with Crippen LogP contribution in [0.4, 0.5) is 31.9 Å². The van der Waals surface area contributed by atoms with Gasteiger partial charge in [0.25, 0.3) is 0 Å². The number of aromatic nitrogens is 3. The highest BCUT2D eigenvalue weighted by atomic mass is 19.2. The van der Waals surface area contributed by atoms with E-state index in [0.29, 0.717) is 17.1 Å². The van der Waals surface area contributed by atoms with E-state index in [1.165, 1.54) is 19.2 Å². The van der Waals surface area contributed by atoms with Crippen LogP contribution in [0.3, 0.4) is 0 Å². The SMILES string of the molecule is CC(=O)c1cccc(Nc2cnnc(Nc3ccc(F)c(F)c3)n2)c1. The normalized spacial score (nSPS) is 10.4. The summed E-state index contributed by atoms with van der Waals surface area (Å²) in [6.45, 7) is 1.48. The molecular formula is C17H13F2N5O. The molecule has 6 nitrogen and oxygen atoms in total. The summed E-state index contributed by atoms with van der Waals surface area (Å²) in [6.07, 6.45) is 1.40. The van der Waals surface area contributed by atoms with E-state index in [-0.39, 0.29) is 17.4 Å². The van der Waals surface area contributed by atoms with Crippen LogP contribution in [0, 0.1) is 11.6 Å². The first kappa shape index (κ1) is 16.4. The molecule has 0 spiro atoms. The number of rotatable bonds is 5. The van der Waals surface area contributed by atoms with E-state index in [4.69, 9.17) is 0 Å². The lowest BCUT2D eigenvalue weighted by atomic mass is 10.1. The Morgan fingerprint density at radius 1 is 1.00 bits per heavy atom. The molecule has 0 amide bonds. The Morgan fingerprint density at radius 3 is 2.56 bits per heavy atom. The van der Waals surface area contributed by atoms with Crippen LogP contribution in [0.25, 0.3) is 0 Å². The predicted molar refractivity (Wildman–Crippen MR) is 89.2 cm³/mol. The van der Waals surface area contributed by atoms with E-state index in [1.807, 2.05) is 0 Å². The fraction of sp³-hybridized carbons (Fsp3) is 0.0588. The quantitative estimate of drug-likeness (QED) is 0.687.